The second-order valence-electron chi connectivity index (χ2n) is 6.64. The molecule has 1 aliphatic heterocycles. The highest BCUT2D eigenvalue weighted by Crippen LogP contribution is 2.27. The number of likely N-dealkylation sites (tertiary alicyclic amines) is 1. The van der Waals surface area contributed by atoms with Gasteiger partial charge in [-0.05, 0) is 54.7 Å². The minimum absolute atomic E-state index is 0.225. The van der Waals surface area contributed by atoms with Crippen LogP contribution in [0.3, 0.4) is 0 Å². The lowest BCUT2D eigenvalue weighted by atomic mass is 10.1. The van der Waals surface area contributed by atoms with Gasteiger partial charge in [0.25, 0.3) is 5.91 Å². The van der Waals surface area contributed by atoms with Crippen molar-refractivity contribution in [1.29, 1.82) is 0 Å². The summed E-state index contributed by atoms with van der Waals surface area (Å²) < 4.78 is 3.85. The number of rotatable bonds is 4. The Balaban J connectivity index is 1.48. The molecule has 2 aromatic carbocycles. The summed E-state index contributed by atoms with van der Waals surface area (Å²) >= 11 is 13.5. The monoisotopic (exact) mass is 446 g/mol. The van der Waals surface area contributed by atoms with Crippen LogP contribution in [0.1, 0.15) is 23.2 Å². The van der Waals surface area contributed by atoms with Gasteiger partial charge in [0.15, 0.2) is 0 Å². The SMILES string of the molecule is O=C(Nc1ccc(-c2csnn2)cc1)C1CCCN1C(=O)c1cc(Cl)ccc1Cl. The first-order valence-corrected chi connectivity index (χ1v) is 10.6. The van der Waals surface area contributed by atoms with Crippen molar-refractivity contribution in [2.24, 2.45) is 0 Å². The highest BCUT2D eigenvalue weighted by atomic mass is 35.5. The third-order valence-electron chi connectivity index (χ3n) is 4.78. The van der Waals surface area contributed by atoms with Crippen molar-refractivity contribution in [3.05, 3.63) is 63.5 Å². The van der Waals surface area contributed by atoms with Crippen LogP contribution >= 0.6 is 34.7 Å². The van der Waals surface area contributed by atoms with E-state index in [9.17, 15) is 9.59 Å². The third-order valence-corrected chi connectivity index (χ3v) is 5.85. The Kier molecular flexibility index (Phi) is 5.80. The zero-order valence-corrected chi connectivity index (χ0v) is 17.5. The van der Waals surface area contributed by atoms with Crippen LogP contribution in [0, 0.1) is 0 Å². The fourth-order valence-corrected chi connectivity index (χ4v) is 4.17. The van der Waals surface area contributed by atoms with E-state index in [1.807, 2.05) is 29.6 Å². The number of anilines is 1. The number of nitrogens with zero attached hydrogens (tertiary/aromatic N) is 3. The summed E-state index contributed by atoms with van der Waals surface area (Å²) in [6.45, 7) is 0.496. The molecule has 6 nitrogen and oxygen atoms in total. The molecule has 9 heteroatoms. The maximum Gasteiger partial charge on any atom is 0.256 e. The number of nitrogens with one attached hydrogen (secondary N) is 1. The molecule has 2 amide bonds. The lowest BCUT2D eigenvalue weighted by Gasteiger charge is -2.24. The lowest BCUT2D eigenvalue weighted by molar-refractivity contribution is -0.119. The molecule has 1 atom stereocenters. The smallest absolute Gasteiger partial charge is 0.256 e. The van der Waals surface area contributed by atoms with Crippen LogP contribution in [0.2, 0.25) is 10.0 Å². The van der Waals surface area contributed by atoms with Crippen LogP contribution in [0.15, 0.2) is 47.8 Å². The van der Waals surface area contributed by atoms with E-state index in [-0.39, 0.29) is 11.8 Å². The molecule has 0 radical (unpaired) electrons. The molecule has 0 spiro atoms. The molecule has 0 aliphatic carbocycles. The lowest BCUT2D eigenvalue weighted by Crippen LogP contribution is -2.43. The molecule has 2 heterocycles. The van der Waals surface area contributed by atoms with Crippen molar-refractivity contribution in [2.75, 3.05) is 11.9 Å². The Morgan fingerprint density at radius 3 is 2.66 bits per heavy atom. The number of benzene rings is 2. The van der Waals surface area contributed by atoms with Gasteiger partial charge in [-0.15, -0.1) is 5.10 Å². The second kappa shape index (κ2) is 8.49. The molecule has 1 aromatic heterocycles. The largest absolute Gasteiger partial charge is 0.327 e. The second-order valence-corrected chi connectivity index (χ2v) is 8.09. The Bertz CT molecular complexity index is 1040. The molecule has 148 valence electrons. The quantitative estimate of drug-likeness (QED) is 0.626. The zero-order valence-electron chi connectivity index (χ0n) is 15.1. The number of amides is 2. The average Bonchev–Trinajstić information content (AvgIpc) is 3.42. The van der Waals surface area contributed by atoms with Gasteiger partial charge in [0.1, 0.15) is 11.7 Å². The summed E-state index contributed by atoms with van der Waals surface area (Å²) in [6.07, 6.45) is 1.34. The number of aromatic nitrogens is 2. The van der Waals surface area contributed by atoms with Crippen molar-refractivity contribution < 1.29 is 9.59 Å². The summed E-state index contributed by atoms with van der Waals surface area (Å²) in [5.41, 5.74) is 2.67. The minimum atomic E-state index is -0.556. The predicted octanol–water partition coefficient (Wildman–Crippen LogP) is 4.76. The average molecular weight is 447 g/mol. The first-order valence-electron chi connectivity index (χ1n) is 8.97. The van der Waals surface area contributed by atoms with E-state index in [0.29, 0.717) is 34.3 Å². The number of hydrogen-bond acceptors (Lipinski definition) is 5. The minimum Gasteiger partial charge on any atom is -0.327 e. The Labute approximate surface area is 181 Å². The van der Waals surface area contributed by atoms with Gasteiger partial charge >= 0.3 is 0 Å². The Hall–Kier alpha value is -2.48. The van der Waals surface area contributed by atoms with Gasteiger partial charge in [-0.25, -0.2) is 0 Å². The number of carbonyl (C=O) groups is 2. The van der Waals surface area contributed by atoms with Crippen LogP contribution < -0.4 is 5.32 Å². The van der Waals surface area contributed by atoms with Crippen molar-refractivity contribution in [3.8, 4) is 11.3 Å². The molecule has 1 saturated heterocycles. The molecular formula is C20H16Cl2N4O2S. The van der Waals surface area contributed by atoms with E-state index in [2.05, 4.69) is 14.9 Å². The van der Waals surface area contributed by atoms with Gasteiger partial charge in [0.05, 0.1) is 10.6 Å². The van der Waals surface area contributed by atoms with Crippen molar-refractivity contribution in [3.63, 3.8) is 0 Å². The van der Waals surface area contributed by atoms with Crippen molar-refractivity contribution in [1.82, 2.24) is 14.5 Å². The van der Waals surface area contributed by atoms with E-state index in [0.717, 1.165) is 17.7 Å². The zero-order chi connectivity index (χ0) is 20.4. The number of hydrogen-bond donors (Lipinski definition) is 1. The van der Waals surface area contributed by atoms with Crippen LogP contribution in [0.5, 0.6) is 0 Å². The molecule has 1 N–H and O–H groups in total. The van der Waals surface area contributed by atoms with Crippen LogP contribution in [0.4, 0.5) is 5.69 Å². The maximum atomic E-state index is 13.0. The molecule has 0 bridgehead atoms. The molecule has 1 fully saturated rings. The van der Waals surface area contributed by atoms with Crippen molar-refractivity contribution in [2.45, 2.75) is 18.9 Å². The van der Waals surface area contributed by atoms with Gasteiger partial charge in [-0.1, -0.05) is 39.8 Å². The molecule has 3 aromatic rings. The van der Waals surface area contributed by atoms with E-state index in [4.69, 9.17) is 23.2 Å². The maximum absolute atomic E-state index is 13.0. The van der Waals surface area contributed by atoms with E-state index < -0.39 is 6.04 Å². The molecular weight excluding hydrogens is 431 g/mol. The number of carbonyl (C=O) groups excluding carboxylic acids is 2. The third kappa shape index (κ3) is 4.27. The predicted molar refractivity (Wildman–Crippen MR) is 114 cm³/mol. The first kappa shape index (κ1) is 19.8. The summed E-state index contributed by atoms with van der Waals surface area (Å²) in [6, 6.07) is 11.5. The summed E-state index contributed by atoms with van der Waals surface area (Å²) in [7, 11) is 0. The topological polar surface area (TPSA) is 75.2 Å². The highest BCUT2D eigenvalue weighted by Gasteiger charge is 2.35. The standard InChI is InChI=1S/C20H16Cl2N4O2S/c21-13-5-8-16(22)15(10-13)20(28)26-9-1-2-18(26)19(27)23-14-6-3-12(4-7-14)17-11-29-25-24-17/h3-8,10-11,18H,1-2,9H2,(H,23,27). The van der Waals surface area contributed by atoms with Crippen LogP contribution in [-0.2, 0) is 4.79 Å². The Morgan fingerprint density at radius 2 is 1.93 bits per heavy atom. The number of halogens is 2. The van der Waals surface area contributed by atoms with Gasteiger partial charge < -0.3 is 10.2 Å². The molecule has 0 saturated carbocycles. The summed E-state index contributed by atoms with van der Waals surface area (Å²) in [4.78, 5) is 27.4. The van der Waals surface area contributed by atoms with Crippen molar-refractivity contribution >= 4 is 52.2 Å². The fraction of sp³-hybridized carbons (Fsp3) is 0.200. The van der Waals surface area contributed by atoms with Gasteiger partial charge in [0, 0.05) is 28.2 Å². The normalized spacial score (nSPS) is 16.1. The molecule has 29 heavy (non-hydrogen) atoms. The molecule has 4 rings (SSSR count). The van der Waals surface area contributed by atoms with E-state index >= 15 is 0 Å². The van der Waals surface area contributed by atoms with E-state index in [1.54, 1.807) is 17.0 Å². The molecule has 1 aliphatic rings. The first-order chi connectivity index (χ1) is 14.0. The van der Waals surface area contributed by atoms with Gasteiger partial charge in [-0.3, -0.25) is 9.59 Å². The van der Waals surface area contributed by atoms with Gasteiger partial charge in [0.2, 0.25) is 5.91 Å². The Morgan fingerprint density at radius 1 is 1.14 bits per heavy atom. The summed E-state index contributed by atoms with van der Waals surface area (Å²) in [5, 5.41) is 9.52. The van der Waals surface area contributed by atoms with E-state index in [1.165, 1.54) is 17.6 Å². The highest BCUT2D eigenvalue weighted by molar-refractivity contribution is 7.03. The summed E-state index contributed by atoms with van der Waals surface area (Å²) in [5.74, 6) is -0.515. The van der Waals surface area contributed by atoms with Crippen LogP contribution in [-0.4, -0.2) is 38.9 Å². The van der Waals surface area contributed by atoms with Crippen LogP contribution in [0.25, 0.3) is 11.3 Å². The fourth-order valence-electron chi connectivity index (χ4n) is 3.34. The molecule has 1 unspecified atom stereocenters. The van der Waals surface area contributed by atoms with Gasteiger partial charge in [-0.2, -0.15) is 0 Å².